The number of methoxy groups -OCH3 is 1. The van der Waals surface area contributed by atoms with Gasteiger partial charge < -0.3 is 9.30 Å². The van der Waals surface area contributed by atoms with Crippen LogP contribution in [0.4, 0.5) is 5.95 Å². The number of nitrogens with zero attached hydrogens (tertiary/aromatic N) is 3. The molecule has 0 unspecified atom stereocenters. The number of hydrogen-bond donors (Lipinski definition) is 2. The van der Waals surface area contributed by atoms with Crippen LogP contribution in [-0.2, 0) is 17.8 Å². The molecule has 7 heteroatoms. The Hall–Kier alpha value is -3.61. The highest BCUT2D eigenvalue weighted by Gasteiger charge is 2.09. The van der Waals surface area contributed by atoms with Crippen molar-refractivity contribution in [1.82, 2.24) is 19.7 Å². The number of benzene rings is 2. The SMILES string of the molecule is COc1ccc(Cc2nc(NC(=O)CCn3ccc4ccccc43)n[nH]2)cc1. The zero-order valence-electron chi connectivity index (χ0n) is 15.6. The van der Waals surface area contributed by atoms with E-state index in [-0.39, 0.29) is 5.91 Å². The standard InChI is InChI=1S/C21H21N5O2/c1-28-17-8-6-15(7-9-17)14-19-22-21(25-24-19)23-20(27)11-13-26-12-10-16-4-2-3-5-18(16)26/h2-10,12H,11,13-14H2,1H3,(H2,22,23,24,25,27). The second kappa shape index (κ2) is 7.96. The van der Waals surface area contributed by atoms with Gasteiger partial charge in [0.25, 0.3) is 0 Å². The molecule has 7 nitrogen and oxygen atoms in total. The Morgan fingerprint density at radius 1 is 1.14 bits per heavy atom. The minimum Gasteiger partial charge on any atom is -0.497 e. The van der Waals surface area contributed by atoms with E-state index in [0.29, 0.717) is 31.2 Å². The van der Waals surface area contributed by atoms with Crippen LogP contribution in [0.2, 0.25) is 0 Å². The number of para-hydroxylation sites is 1. The Morgan fingerprint density at radius 3 is 2.79 bits per heavy atom. The number of aryl methyl sites for hydroxylation is 1. The third kappa shape index (κ3) is 4.03. The van der Waals surface area contributed by atoms with E-state index >= 15 is 0 Å². The Labute approximate surface area is 162 Å². The van der Waals surface area contributed by atoms with Crippen molar-refractivity contribution in [3.63, 3.8) is 0 Å². The third-order valence-corrected chi connectivity index (χ3v) is 4.57. The van der Waals surface area contributed by atoms with Gasteiger partial charge in [0.15, 0.2) is 0 Å². The number of nitrogens with one attached hydrogen (secondary N) is 2. The first-order valence-corrected chi connectivity index (χ1v) is 9.09. The molecule has 2 heterocycles. The van der Waals surface area contributed by atoms with Crippen molar-refractivity contribution < 1.29 is 9.53 Å². The van der Waals surface area contributed by atoms with E-state index in [2.05, 4.69) is 31.1 Å². The number of amides is 1. The lowest BCUT2D eigenvalue weighted by atomic mass is 10.1. The summed E-state index contributed by atoms with van der Waals surface area (Å²) < 4.78 is 7.23. The number of anilines is 1. The zero-order chi connectivity index (χ0) is 19.3. The van der Waals surface area contributed by atoms with Crippen molar-refractivity contribution in [2.45, 2.75) is 19.4 Å². The molecular formula is C21H21N5O2. The summed E-state index contributed by atoms with van der Waals surface area (Å²) in [6, 6.07) is 17.9. The molecule has 0 bridgehead atoms. The Morgan fingerprint density at radius 2 is 1.96 bits per heavy atom. The van der Waals surface area contributed by atoms with Gasteiger partial charge in [-0.3, -0.25) is 15.2 Å². The van der Waals surface area contributed by atoms with Gasteiger partial charge in [-0.05, 0) is 35.2 Å². The summed E-state index contributed by atoms with van der Waals surface area (Å²) in [5.74, 6) is 1.68. The molecule has 0 aliphatic rings. The van der Waals surface area contributed by atoms with Gasteiger partial charge in [-0.1, -0.05) is 30.3 Å². The average molecular weight is 375 g/mol. The van der Waals surface area contributed by atoms with Gasteiger partial charge in [0.2, 0.25) is 11.9 Å². The fraction of sp³-hybridized carbons (Fsp3) is 0.190. The van der Waals surface area contributed by atoms with E-state index in [0.717, 1.165) is 16.8 Å². The van der Waals surface area contributed by atoms with Crippen LogP contribution in [0.15, 0.2) is 60.8 Å². The van der Waals surface area contributed by atoms with Crippen molar-refractivity contribution in [1.29, 1.82) is 0 Å². The van der Waals surface area contributed by atoms with Crippen molar-refractivity contribution in [2.75, 3.05) is 12.4 Å². The first-order chi connectivity index (χ1) is 13.7. The van der Waals surface area contributed by atoms with Crippen LogP contribution in [0, 0.1) is 0 Å². The van der Waals surface area contributed by atoms with Crippen LogP contribution in [0.3, 0.4) is 0 Å². The molecule has 28 heavy (non-hydrogen) atoms. The lowest BCUT2D eigenvalue weighted by molar-refractivity contribution is -0.116. The smallest absolute Gasteiger partial charge is 0.248 e. The summed E-state index contributed by atoms with van der Waals surface area (Å²) in [5.41, 5.74) is 2.20. The maximum atomic E-state index is 12.2. The summed E-state index contributed by atoms with van der Waals surface area (Å²) in [4.78, 5) is 16.6. The number of hydrogen-bond acceptors (Lipinski definition) is 4. The molecular weight excluding hydrogens is 354 g/mol. The summed E-state index contributed by atoms with van der Waals surface area (Å²) >= 11 is 0. The molecule has 0 saturated carbocycles. The monoisotopic (exact) mass is 375 g/mol. The van der Waals surface area contributed by atoms with Crippen LogP contribution < -0.4 is 10.1 Å². The zero-order valence-corrected chi connectivity index (χ0v) is 15.6. The van der Waals surface area contributed by atoms with Crippen LogP contribution in [0.5, 0.6) is 5.75 Å². The van der Waals surface area contributed by atoms with Gasteiger partial charge in [-0.2, -0.15) is 4.98 Å². The second-order valence-electron chi connectivity index (χ2n) is 6.50. The molecule has 0 aliphatic heterocycles. The lowest BCUT2D eigenvalue weighted by Gasteiger charge is -2.05. The fourth-order valence-corrected chi connectivity index (χ4v) is 3.11. The Bertz CT molecular complexity index is 1080. The molecule has 4 rings (SSSR count). The van der Waals surface area contributed by atoms with Gasteiger partial charge in [-0.25, -0.2) is 0 Å². The first-order valence-electron chi connectivity index (χ1n) is 9.09. The van der Waals surface area contributed by atoms with Crippen LogP contribution >= 0.6 is 0 Å². The van der Waals surface area contributed by atoms with Crippen molar-refractivity contribution in [2.24, 2.45) is 0 Å². The molecule has 2 aromatic heterocycles. The number of aromatic amines is 1. The molecule has 142 valence electrons. The number of rotatable bonds is 7. The highest BCUT2D eigenvalue weighted by molar-refractivity contribution is 5.89. The van der Waals surface area contributed by atoms with E-state index in [1.165, 1.54) is 5.39 Å². The third-order valence-electron chi connectivity index (χ3n) is 4.57. The largest absolute Gasteiger partial charge is 0.497 e. The maximum Gasteiger partial charge on any atom is 0.248 e. The average Bonchev–Trinajstić information content (AvgIpc) is 3.34. The van der Waals surface area contributed by atoms with Crippen LogP contribution in [-0.4, -0.2) is 32.8 Å². The number of carbonyl (C=O) groups excluding carboxylic acids is 1. The highest BCUT2D eigenvalue weighted by atomic mass is 16.5. The number of fused-ring (bicyclic) bond motifs is 1. The van der Waals surface area contributed by atoms with Gasteiger partial charge >= 0.3 is 0 Å². The molecule has 1 amide bonds. The minimum absolute atomic E-state index is 0.118. The molecule has 0 radical (unpaired) electrons. The second-order valence-corrected chi connectivity index (χ2v) is 6.50. The lowest BCUT2D eigenvalue weighted by Crippen LogP contribution is -2.15. The number of aromatic nitrogens is 4. The first kappa shape index (κ1) is 17.8. The topological polar surface area (TPSA) is 84.8 Å². The van der Waals surface area contributed by atoms with E-state index in [1.54, 1.807) is 7.11 Å². The molecule has 2 N–H and O–H groups in total. The molecule has 0 aliphatic carbocycles. The van der Waals surface area contributed by atoms with E-state index in [4.69, 9.17) is 4.74 Å². The highest BCUT2D eigenvalue weighted by Crippen LogP contribution is 2.16. The van der Waals surface area contributed by atoms with Crippen molar-refractivity contribution in [3.8, 4) is 5.75 Å². The molecule has 4 aromatic rings. The van der Waals surface area contributed by atoms with Gasteiger partial charge in [0.05, 0.1) is 7.11 Å². The number of carbonyl (C=O) groups is 1. The van der Waals surface area contributed by atoms with E-state index in [9.17, 15) is 4.79 Å². The van der Waals surface area contributed by atoms with Crippen molar-refractivity contribution >= 4 is 22.8 Å². The molecule has 0 fully saturated rings. The quantitative estimate of drug-likeness (QED) is 0.519. The predicted molar refractivity (Wildman–Crippen MR) is 107 cm³/mol. The summed E-state index contributed by atoms with van der Waals surface area (Å²) in [5, 5.41) is 10.9. The van der Waals surface area contributed by atoms with Crippen molar-refractivity contribution in [3.05, 3.63) is 72.2 Å². The number of ether oxygens (including phenoxy) is 1. The maximum absolute atomic E-state index is 12.2. The molecule has 0 atom stereocenters. The van der Waals surface area contributed by atoms with Crippen LogP contribution in [0.1, 0.15) is 17.8 Å². The predicted octanol–water partition coefficient (Wildman–Crippen LogP) is 3.39. The van der Waals surface area contributed by atoms with Gasteiger partial charge in [0.1, 0.15) is 11.6 Å². The Balaban J connectivity index is 1.32. The molecule has 0 saturated heterocycles. The van der Waals surface area contributed by atoms with E-state index in [1.807, 2.05) is 54.7 Å². The normalized spacial score (nSPS) is 10.9. The Kier molecular flexibility index (Phi) is 5.05. The molecule has 2 aromatic carbocycles. The summed E-state index contributed by atoms with van der Waals surface area (Å²) in [7, 11) is 1.64. The minimum atomic E-state index is -0.118. The summed E-state index contributed by atoms with van der Waals surface area (Å²) in [6.45, 7) is 0.600. The van der Waals surface area contributed by atoms with Gasteiger partial charge in [-0.15, -0.1) is 5.10 Å². The van der Waals surface area contributed by atoms with Crippen LogP contribution in [0.25, 0.3) is 10.9 Å². The van der Waals surface area contributed by atoms with Gasteiger partial charge in [0, 0.05) is 31.1 Å². The summed E-state index contributed by atoms with van der Waals surface area (Å²) in [6.07, 6.45) is 2.95. The number of H-pyrrole nitrogens is 1. The molecule has 0 spiro atoms. The van der Waals surface area contributed by atoms with E-state index < -0.39 is 0 Å². The fourth-order valence-electron chi connectivity index (χ4n) is 3.11.